The molecule has 1 aliphatic heterocycles. The lowest BCUT2D eigenvalue weighted by Gasteiger charge is -2.19. The first-order chi connectivity index (χ1) is 9.09. The van der Waals surface area contributed by atoms with Gasteiger partial charge in [0.15, 0.2) is 0 Å². The number of carbonyl (C=O) groups is 2. The molecule has 102 valence electrons. The van der Waals surface area contributed by atoms with E-state index in [1.807, 2.05) is 11.8 Å². The number of carboxylic acids is 1. The summed E-state index contributed by atoms with van der Waals surface area (Å²) in [7, 11) is 0. The molecule has 0 unspecified atom stereocenters. The minimum absolute atomic E-state index is 0.109. The number of aryl methyl sites for hydroxylation is 1. The number of thioether (sulfide) groups is 1. The summed E-state index contributed by atoms with van der Waals surface area (Å²) in [6, 6.07) is 2.95. The van der Waals surface area contributed by atoms with E-state index in [4.69, 9.17) is 5.11 Å². The predicted molar refractivity (Wildman–Crippen MR) is 73.8 cm³/mol. The van der Waals surface area contributed by atoms with E-state index < -0.39 is 5.97 Å². The molecule has 1 aliphatic rings. The van der Waals surface area contributed by atoms with Gasteiger partial charge in [-0.1, -0.05) is 0 Å². The molecule has 1 aromatic rings. The lowest BCUT2D eigenvalue weighted by molar-refractivity contribution is 0.0692. The predicted octanol–water partition coefficient (Wildman–Crippen LogP) is 1.67. The van der Waals surface area contributed by atoms with Crippen LogP contribution in [0.15, 0.2) is 12.1 Å². The molecule has 0 radical (unpaired) electrons. The van der Waals surface area contributed by atoms with Crippen LogP contribution in [0.4, 0.5) is 0 Å². The third kappa shape index (κ3) is 3.26. The molecule has 1 fully saturated rings. The van der Waals surface area contributed by atoms with Gasteiger partial charge in [-0.2, -0.15) is 11.8 Å². The van der Waals surface area contributed by atoms with Gasteiger partial charge in [0.1, 0.15) is 5.69 Å². The highest BCUT2D eigenvalue weighted by molar-refractivity contribution is 7.99. The summed E-state index contributed by atoms with van der Waals surface area (Å²) in [5, 5.41) is 8.94. The van der Waals surface area contributed by atoms with Gasteiger partial charge < -0.3 is 10.0 Å². The SMILES string of the molecule is Cc1nc(C(=O)N2CCCSCC2)ccc1C(=O)O. The number of hydrogen-bond acceptors (Lipinski definition) is 4. The van der Waals surface area contributed by atoms with Crippen molar-refractivity contribution in [3.8, 4) is 0 Å². The summed E-state index contributed by atoms with van der Waals surface area (Å²) in [5.41, 5.74) is 0.847. The van der Waals surface area contributed by atoms with Crippen molar-refractivity contribution < 1.29 is 14.7 Å². The van der Waals surface area contributed by atoms with Crippen molar-refractivity contribution in [3.05, 3.63) is 29.1 Å². The molecule has 0 aromatic carbocycles. The second kappa shape index (κ2) is 6.06. The summed E-state index contributed by atoms with van der Waals surface area (Å²) in [4.78, 5) is 29.1. The van der Waals surface area contributed by atoms with Crippen LogP contribution < -0.4 is 0 Å². The summed E-state index contributed by atoms with van der Waals surface area (Å²) >= 11 is 1.85. The summed E-state index contributed by atoms with van der Waals surface area (Å²) < 4.78 is 0. The highest BCUT2D eigenvalue weighted by Gasteiger charge is 2.20. The second-order valence-corrected chi connectivity index (χ2v) is 5.62. The fourth-order valence-corrected chi connectivity index (χ4v) is 2.90. The van der Waals surface area contributed by atoms with Crippen molar-refractivity contribution >= 4 is 23.6 Å². The summed E-state index contributed by atoms with van der Waals surface area (Å²) in [5.74, 6) is 0.893. The van der Waals surface area contributed by atoms with Crippen LogP contribution in [0.3, 0.4) is 0 Å². The molecule has 19 heavy (non-hydrogen) atoms. The molecule has 2 heterocycles. The number of pyridine rings is 1. The third-order valence-corrected chi connectivity index (χ3v) is 4.09. The maximum atomic E-state index is 12.3. The highest BCUT2D eigenvalue weighted by Crippen LogP contribution is 2.14. The number of hydrogen-bond donors (Lipinski definition) is 1. The molecule has 6 heteroatoms. The van der Waals surface area contributed by atoms with E-state index in [0.29, 0.717) is 11.4 Å². The van der Waals surface area contributed by atoms with Crippen molar-refractivity contribution in [2.75, 3.05) is 24.6 Å². The molecular weight excluding hydrogens is 264 g/mol. The number of aromatic nitrogens is 1. The Labute approximate surface area is 116 Å². The Balaban J connectivity index is 2.19. The van der Waals surface area contributed by atoms with E-state index in [9.17, 15) is 9.59 Å². The zero-order chi connectivity index (χ0) is 13.8. The van der Waals surface area contributed by atoms with Gasteiger partial charge in [-0.25, -0.2) is 9.78 Å². The van der Waals surface area contributed by atoms with Gasteiger partial charge in [-0.15, -0.1) is 0 Å². The van der Waals surface area contributed by atoms with E-state index >= 15 is 0 Å². The van der Waals surface area contributed by atoms with E-state index in [1.165, 1.54) is 12.1 Å². The Morgan fingerprint density at radius 3 is 2.79 bits per heavy atom. The average molecular weight is 280 g/mol. The number of carboxylic acid groups (broad SMARTS) is 1. The van der Waals surface area contributed by atoms with Gasteiger partial charge in [-0.05, 0) is 31.2 Å². The van der Waals surface area contributed by atoms with Crippen LogP contribution in [0.25, 0.3) is 0 Å². The minimum Gasteiger partial charge on any atom is -0.478 e. The smallest absolute Gasteiger partial charge is 0.337 e. The monoisotopic (exact) mass is 280 g/mol. The quantitative estimate of drug-likeness (QED) is 0.892. The van der Waals surface area contributed by atoms with Crippen LogP contribution in [-0.4, -0.2) is 51.5 Å². The first-order valence-corrected chi connectivity index (χ1v) is 7.33. The van der Waals surface area contributed by atoms with Crippen LogP contribution in [0.5, 0.6) is 0 Å². The molecule has 1 saturated heterocycles. The molecule has 1 amide bonds. The first kappa shape index (κ1) is 13.9. The van der Waals surface area contributed by atoms with E-state index in [0.717, 1.165) is 31.0 Å². The molecule has 0 atom stereocenters. The number of nitrogens with zero attached hydrogens (tertiary/aromatic N) is 2. The highest BCUT2D eigenvalue weighted by atomic mass is 32.2. The Kier molecular flexibility index (Phi) is 4.42. The van der Waals surface area contributed by atoms with Gasteiger partial charge in [0.25, 0.3) is 5.91 Å². The molecule has 0 spiro atoms. The lowest BCUT2D eigenvalue weighted by atomic mass is 10.2. The number of carbonyl (C=O) groups excluding carboxylic acids is 1. The summed E-state index contributed by atoms with van der Waals surface area (Å²) in [6.07, 6.45) is 0.989. The van der Waals surface area contributed by atoms with Crippen LogP contribution in [0.1, 0.15) is 33.0 Å². The van der Waals surface area contributed by atoms with Crippen molar-refractivity contribution in [2.24, 2.45) is 0 Å². The molecule has 0 bridgehead atoms. The molecular formula is C13H16N2O3S. The molecule has 2 rings (SSSR count). The lowest BCUT2D eigenvalue weighted by Crippen LogP contribution is -2.33. The zero-order valence-corrected chi connectivity index (χ0v) is 11.6. The normalized spacial score (nSPS) is 15.9. The molecule has 0 saturated carbocycles. The van der Waals surface area contributed by atoms with Crippen molar-refractivity contribution in [1.82, 2.24) is 9.88 Å². The van der Waals surface area contributed by atoms with Crippen molar-refractivity contribution in [2.45, 2.75) is 13.3 Å². The third-order valence-electron chi connectivity index (χ3n) is 3.04. The van der Waals surface area contributed by atoms with Crippen LogP contribution >= 0.6 is 11.8 Å². The van der Waals surface area contributed by atoms with Gasteiger partial charge >= 0.3 is 5.97 Å². The maximum Gasteiger partial charge on any atom is 0.337 e. The maximum absolute atomic E-state index is 12.3. The molecule has 1 aromatic heterocycles. The van der Waals surface area contributed by atoms with E-state index in [-0.39, 0.29) is 11.5 Å². The number of aromatic carboxylic acids is 1. The van der Waals surface area contributed by atoms with Crippen LogP contribution in [-0.2, 0) is 0 Å². The first-order valence-electron chi connectivity index (χ1n) is 6.17. The average Bonchev–Trinajstić information content (AvgIpc) is 2.66. The van der Waals surface area contributed by atoms with Crippen LogP contribution in [0.2, 0.25) is 0 Å². The molecule has 5 nitrogen and oxygen atoms in total. The van der Waals surface area contributed by atoms with E-state index in [1.54, 1.807) is 11.8 Å². The van der Waals surface area contributed by atoms with Gasteiger partial charge in [0.2, 0.25) is 0 Å². The minimum atomic E-state index is -1.02. The Bertz CT molecular complexity index is 497. The largest absolute Gasteiger partial charge is 0.478 e. The van der Waals surface area contributed by atoms with Crippen LogP contribution in [0, 0.1) is 6.92 Å². The van der Waals surface area contributed by atoms with E-state index in [2.05, 4.69) is 4.98 Å². The number of amides is 1. The summed E-state index contributed by atoms with van der Waals surface area (Å²) in [6.45, 7) is 3.08. The Morgan fingerprint density at radius 2 is 2.11 bits per heavy atom. The standard InChI is InChI=1S/C13H16N2O3S/c1-9-10(13(17)18)3-4-11(14-9)12(16)15-5-2-7-19-8-6-15/h3-4H,2,5-8H2,1H3,(H,17,18). The molecule has 1 N–H and O–H groups in total. The fraction of sp³-hybridized carbons (Fsp3) is 0.462. The zero-order valence-electron chi connectivity index (χ0n) is 10.8. The number of rotatable bonds is 2. The Hall–Kier alpha value is -1.56. The topological polar surface area (TPSA) is 70.5 Å². The second-order valence-electron chi connectivity index (χ2n) is 4.39. The van der Waals surface area contributed by atoms with Gasteiger partial charge in [0, 0.05) is 18.8 Å². The van der Waals surface area contributed by atoms with Crippen molar-refractivity contribution in [3.63, 3.8) is 0 Å². The Morgan fingerprint density at radius 1 is 1.32 bits per heavy atom. The molecule has 0 aliphatic carbocycles. The van der Waals surface area contributed by atoms with Gasteiger partial charge in [0.05, 0.1) is 11.3 Å². The van der Waals surface area contributed by atoms with Gasteiger partial charge in [-0.3, -0.25) is 4.79 Å². The van der Waals surface area contributed by atoms with Crippen molar-refractivity contribution in [1.29, 1.82) is 0 Å². The fourth-order valence-electron chi connectivity index (χ4n) is 2.02.